The van der Waals surface area contributed by atoms with Gasteiger partial charge in [0.05, 0.1) is 7.11 Å². The van der Waals surface area contributed by atoms with Gasteiger partial charge >= 0.3 is 0 Å². The number of methoxy groups -OCH3 is 1. The molecular formula is C16H20O3S. The van der Waals surface area contributed by atoms with Crippen LogP contribution in [-0.2, 0) is 0 Å². The second-order valence-corrected chi connectivity index (χ2v) is 5.78. The number of Topliss-reactive ketones (excluding diaryl/α,β-unsaturated/α-hetero) is 1. The van der Waals surface area contributed by atoms with E-state index in [-0.39, 0.29) is 5.78 Å². The van der Waals surface area contributed by atoms with Gasteiger partial charge in [-0.05, 0) is 50.0 Å². The number of hydrogen-bond acceptors (Lipinski definition) is 4. The zero-order chi connectivity index (χ0) is 14.5. The van der Waals surface area contributed by atoms with Crippen molar-refractivity contribution in [1.29, 1.82) is 0 Å². The molecule has 0 radical (unpaired) electrons. The number of aryl methyl sites for hydroxylation is 1. The molecule has 1 aromatic carbocycles. The van der Waals surface area contributed by atoms with Crippen molar-refractivity contribution in [3.8, 4) is 5.75 Å². The van der Waals surface area contributed by atoms with Crippen molar-refractivity contribution < 1.29 is 13.9 Å². The van der Waals surface area contributed by atoms with Gasteiger partial charge in [0.2, 0.25) is 0 Å². The highest BCUT2D eigenvalue weighted by Gasteiger charge is 2.17. The molecule has 108 valence electrons. The number of carbonyl (C=O) groups excluding carboxylic acids is 1. The van der Waals surface area contributed by atoms with Crippen LogP contribution in [0.1, 0.15) is 35.4 Å². The van der Waals surface area contributed by atoms with E-state index in [2.05, 4.69) is 6.26 Å². The number of ketones is 1. The van der Waals surface area contributed by atoms with Gasteiger partial charge in [0.15, 0.2) is 11.5 Å². The fraction of sp³-hybridized carbons (Fsp3) is 0.438. The van der Waals surface area contributed by atoms with Gasteiger partial charge in [0.1, 0.15) is 11.3 Å². The first kappa shape index (κ1) is 15.0. The Hall–Kier alpha value is -1.42. The van der Waals surface area contributed by atoms with E-state index >= 15 is 0 Å². The Morgan fingerprint density at radius 1 is 1.35 bits per heavy atom. The van der Waals surface area contributed by atoms with Gasteiger partial charge in [-0.3, -0.25) is 4.79 Å². The van der Waals surface area contributed by atoms with Crippen LogP contribution in [0.25, 0.3) is 11.0 Å². The normalized spacial score (nSPS) is 10.9. The first-order valence-electron chi connectivity index (χ1n) is 6.76. The summed E-state index contributed by atoms with van der Waals surface area (Å²) in [5.41, 5.74) is 1.66. The van der Waals surface area contributed by atoms with Crippen molar-refractivity contribution in [3.63, 3.8) is 0 Å². The third kappa shape index (κ3) is 3.18. The van der Waals surface area contributed by atoms with Crippen LogP contribution >= 0.6 is 11.8 Å². The molecule has 4 heteroatoms. The minimum Gasteiger partial charge on any atom is -0.497 e. The van der Waals surface area contributed by atoms with Crippen LogP contribution in [0.2, 0.25) is 0 Å². The Morgan fingerprint density at radius 3 is 2.85 bits per heavy atom. The second-order valence-electron chi connectivity index (χ2n) is 4.79. The van der Waals surface area contributed by atoms with Gasteiger partial charge in [0, 0.05) is 17.4 Å². The average Bonchev–Trinajstić information content (AvgIpc) is 2.80. The van der Waals surface area contributed by atoms with Crippen LogP contribution in [0.5, 0.6) is 5.75 Å². The molecule has 0 spiro atoms. The van der Waals surface area contributed by atoms with Crippen molar-refractivity contribution in [3.05, 3.63) is 29.5 Å². The summed E-state index contributed by atoms with van der Waals surface area (Å²) >= 11 is 1.81. The molecule has 0 bridgehead atoms. The van der Waals surface area contributed by atoms with E-state index in [0.717, 1.165) is 40.9 Å². The third-order valence-corrected chi connectivity index (χ3v) is 4.10. The van der Waals surface area contributed by atoms with E-state index in [1.807, 2.05) is 36.9 Å². The molecule has 1 aromatic heterocycles. The van der Waals surface area contributed by atoms with Gasteiger partial charge in [0.25, 0.3) is 0 Å². The molecule has 0 aliphatic carbocycles. The largest absolute Gasteiger partial charge is 0.497 e. The van der Waals surface area contributed by atoms with Crippen molar-refractivity contribution in [2.75, 3.05) is 19.1 Å². The van der Waals surface area contributed by atoms with E-state index in [1.165, 1.54) is 0 Å². The predicted octanol–water partition coefficient (Wildman–Crippen LogP) is 4.47. The van der Waals surface area contributed by atoms with Gasteiger partial charge in [-0.1, -0.05) is 0 Å². The average molecular weight is 292 g/mol. The molecular weight excluding hydrogens is 272 g/mol. The summed E-state index contributed by atoms with van der Waals surface area (Å²) in [6, 6.07) is 5.61. The lowest BCUT2D eigenvalue weighted by Crippen LogP contribution is -1.99. The molecule has 0 aliphatic heterocycles. The summed E-state index contributed by atoms with van der Waals surface area (Å²) in [5, 5.41) is 0.955. The SMILES string of the molecule is COc1ccc2oc(C(=O)CCCCSC)c(C)c2c1. The van der Waals surface area contributed by atoms with E-state index in [0.29, 0.717) is 12.2 Å². The fourth-order valence-corrected chi connectivity index (χ4v) is 2.73. The summed E-state index contributed by atoms with van der Waals surface area (Å²) in [6.07, 6.45) is 4.62. The lowest BCUT2D eigenvalue weighted by molar-refractivity contribution is 0.0954. The number of unbranched alkanes of at least 4 members (excludes halogenated alkanes) is 1. The van der Waals surface area contributed by atoms with E-state index in [1.54, 1.807) is 7.11 Å². The van der Waals surface area contributed by atoms with Gasteiger partial charge in [-0.15, -0.1) is 0 Å². The molecule has 3 nitrogen and oxygen atoms in total. The molecule has 0 unspecified atom stereocenters. The van der Waals surface area contributed by atoms with Crippen LogP contribution in [0, 0.1) is 6.92 Å². The molecule has 2 rings (SSSR count). The Labute approximate surface area is 123 Å². The molecule has 2 aromatic rings. The van der Waals surface area contributed by atoms with Gasteiger partial charge < -0.3 is 9.15 Å². The molecule has 0 saturated heterocycles. The lowest BCUT2D eigenvalue weighted by atomic mass is 10.1. The molecule has 0 atom stereocenters. The van der Waals surface area contributed by atoms with E-state index in [4.69, 9.17) is 9.15 Å². The van der Waals surface area contributed by atoms with E-state index < -0.39 is 0 Å². The molecule has 0 saturated carbocycles. The third-order valence-electron chi connectivity index (χ3n) is 3.40. The highest BCUT2D eigenvalue weighted by molar-refractivity contribution is 7.98. The number of carbonyl (C=O) groups is 1. The Bertz CT molecular complexity index is 601. The Morgan fingerprint density at radius 2 is 2.15 bits per heavy atom. The first-order chi connectivity index (χ1) is 9.67. The number of ether oxygens (including phenoxy) is 1. The molecule has 0 aliphatic rings. The van der Waals surface area contributed by atoms with Crippen molar-refractivity contribution in [1.82, 2.24) is 0 Å². The predicted molar refractivity (Wildman–Crippen MR) is 84.1 cm³/mol. The number of thioether (sulfide) groups is 1. The van der Waals surface area contributed by atoms with Gasteiger partial charge in [-0.25, -0.2) is 0 Å². The molecule has 20 heavy (non-hydrogen) atoms. The standard InChI is InChI=1S/C16H20O3S/c1-11-13-10-12(18-2)7-8-15(13)19-16(11)14(17)6-4-5-9-20-3/h7-8,10H,4-6,9H2,1-3H3. The quantitative estimate of drug-likeness (QED) is 0.557. The van der Waals surface area contributed by atoms with Crippen LogP contribution in [0.3, 0.4) is 0 Å². The fourth-order valence-electron chi connectivity index (χ4n) is 2.24. The summed E-state index contributed by atoms with van der Waals surface area (Å²) in [7, 11) is 1.63. The van der Waals surface area contributed by atoms with Crippen LogP contribution in [-0.4, -0.2) is 24.9 Å². The number of furan rings is 1. The zero-order valence-electron chi connectivity index (χ0n) is 12.2. The maximum absolute atomic E-state index is 12.2. The summed E-state index contributed by atoms with van der Waals surface area (Å²) in [5.74, 6) is 2.47. The highest BCUT2D eigenvalue weighted by Crippen LogP contribution is 2.29. The molecule has 0 amide bonds. The number of benzene rings is 1. The van der Waals surface area contributed by atoms with Crippen molar-refractivity contribution in [2.45, 2.75) is 26.2 Å². The zero-order valence-corrected chi connectivity index (χ0v) is 13.0. The number of rotatable bonds is 7. The van der Waals surface area contributed by atoms with Gasteiger partial charge in [-0.2, -0.15) is 11.8 Å². The van der Waals surface area contributed by atoms with Crippen molar-refractivity contribution >= 4 is 28.5 Å². The van der Waals surface area contributed by atoms with Crippen LogP contribution < -0.4 is 4.74 Å². The summed E-state index contributed by atoms with van der Waals surface area (Å²) in [4.78, 5) is 12.2. The maximum Gasteiger partial charge on any atom is 0.198 e. The monoisotopic (exact) mass is 292 g/mol. The minimum absolute atomic E-state index is 0.0961. The molecule has 0 fully saturated rings. The Balaban J connectivity index is 2.17. The Kier molecular flexibility index (Phi) is 5.12. The first-order valence-corrected chi connectivity index (χ1v) is 8.16. The molecule has 1 heterocycles. The van der Waals surface area contributed by atoms with E-state index in [9.17, 15) is 4.79 Å². The van der Waals surface area contributed by atoms with Crippen molar-refractivity contribution in [2.24, 2.45) is 0 Å². The topological polar surface area (TPSA) is 39.4 Å². The second kappa shape index (κ2) is 6.84. The number of hydrogen-bond donors (Lipinski definition) is 0. The lowest BCUT2D eigenvalue weighted by Gasteiger charge is -1.99. The summed E-state index contributed by atoms with van der Waals surface area (Å²) < 4.78 is 10.9. The maximum atomic E-state index is 12.2. The highest BCUT2D eigenvalue weighted by atomic mass is 32.2. The number of fused-ring (bicyclic) bond motifs is 1. The van der Waals surface area contributed by atoms with Crippen LogP contribution in [0.15, 0.2) is 22.6 Å². The smallest absolute Gasteiger partial charge is 0.198 e. The summed E-state index contributed by atoms with van der Waals surface area (Å²) in [6.45, 7) is 1.93. The minimum atomic E-state index is 0.0961. The molecule has 0 N–H and O–H groups in total. The van der Waals surface area contributed by atoms with Crippen LogP contribution in [0.4, 0.5) is 0 Å².